The van der Waals surface area contributed by atoms with Gasteiger partial charge in [0.25, 0.3) is 0 Å². The number of pyridine rings is 2. The van der Waals surface area contributed by atoms with E-state index in [-0.39, 0.29) is 5.54 Å². The summed E-state index contributed by atoms with van der Waals surface area (Å²) in [5.41, 5.74) is 8.32. The number of hydrogen-bond donors (Lipinski definition) is 1. The summed E-state index contributed by atoms with van der Waals surface area (Å²) >= 11 is 0. The van der Waals surface area contributed by atoms with Crippen LogP contribution < -0.4 is 10.5 Å². The van der Waals surface area contributed by atoms with E-state index in [2.05, 4.69) is 16.9 Å². The lowest BCUT2D eigenvalue weighted by Gasteiger charge is -2.23. The predicted octanol–water partition coefficient (Wildman–Crippen LogP) is 3.73. The van der Waals surface area contributed by atoms with E-state index in [1.165, 1.54) is 12.3 Å². The highest BCUT2D eigenvalue weighted by Gasteiger charge is 2.16. The van der Waals surface area contributed by atoms with Gasteiger partial charge in [0.1, 0.15) is 0 Å². The van der Waals surface area contributed by atoms with Gasteiger partial charge in [0.2, 0.25) is 11.8 Å². The molecule has 124 valence electrons. The lowest BCUT2D eigenvalue weighted by Crippen LogP contribution is -2.35. The number of aromatic nitrogens is 2. The van der Waals surface area contributed by atoms with Crippen LogP contribution in [-0.4, -0.2) is 22.1 Å². The maximum atomic E-state index is 13.2. The molecule has 23 heavy (non-hydrogen) atoms. The number of nitrogens with zero attached hydrogens (tertiary/aromatic N) is 2. The molecular weight excluding hydrogens is 293 g/mol. The SMILES string of the molecule is Cc1cc(-c2ccnc(F)c2)cnc1OC[C@@H](C)CC(C)(C)N. The fourth-order valence-corrected chi connectivity index (χ4v) is 2.63. The molecule has 2 heterocycles. The third-order valence-corrected chi connectivity index (χ3v) is 3.47. The van der Waals surface area contributed by atoms with Crippen molar-refractivity contribution in [3.05, 3.63) is 42.1 Å². The fourth-order valence-electron chi connectivity index (χ4n) is 2.63. The summed E-state index contributed by atoms with van der Waals surface area (Å²) in [5.74, 6) is 0.439. The van der Waals surface area contributed by atoms with Gasteiger partial charge in [-0.1, -0.05) is 6.92 Å². The highest BCUT2D eigenvalue weighted by atomic mass is 19.1. The van der Waals surface area contributed by atoms with Crippen LogP contribution in [0.1, 0.15) is 32.8 Å². The van der Waals surface area contributed by atoms with Crippen molar-refractivity contribution in [2.75, 3.05) is 6.61 Å². The minimum Gasteiger partial charge on any atom is -0.477 e. The zero-order valence-corrected chi connectivity index (χ0v) is 14.1. The molecule has 0 amide bonds. The molecule has 0 aliphatic carbocycles. The third kappa shape index (κ3) is 5.28. The third-order valence-electron chi connectivity index (χ3n) is 3.47. The van der Waals surface area contributed by atoms with E-state index in [1.54, 1.807) is 12.3 Å². The second-order valence-corrected chi connectivity index (χ2v) is 6.82. The van der Waals surface area contributed by atoms with Crippen LogP contribution in [0.3, 0.4) is 0 Å². The first-order chi connectivity index (χ1) is 10.7. The summed E-state index contributed by atoms with van der Waals surface area (Å²) in [6.45, 7) is 8.63. The Morgan fingerprint density at radius 2 is 2.00 bits per heavy atom. The number of rotatable bonds is 6. The van der Waals surface area contributed by atoms with Crippen LogP contribution in [0.5, 0.6) is 5.88 Å². The summed E-state index contributed by atoms with van der Waals surface area (Å²) in [5, 5.41) is 0. The number of ether oxygens (including phenoxy) is 1. The summed E-state index contributed by atoms with van der Waals surface area (Å²) in [6.07, 6.45) is 4.01. The molecule has 2 rings (SSSR count). The molecule has 2 N–H and O–H groups in total. The Labute approximate surface area is 136 Å². The molecule has 5 heteroatoms. The molecule has 4 nitrogen and oxygen atoms in total. The molecule has 0 radical (unpaired) electrons. The van der Waals surface area contributed by atoms with E-state index >= 15 is 0 Å². The van der Waals surface area contributed by atoms with Crippen molar-refractivity contribution >= 4 is 0 Å². The molecule has 0 saturated heterocycles. The first kappa shape index (κ1) is 17.3. The normalized spacial score (nSPS) is 13.0. The Balaban J connectivity index is 2.05. The van der Waals surface area contributed by atoms with Gasteiger partial charge in [0.15, 0.2) is 0 Å². The lowest BCUT2D eigenvalue weighted by atomic mass is 9.93. The molecule has 0 aromatic carbocycles. The first-order valence-corrected chi connectivity index (χ1v) is 7.75. The van der Waals surface area contributed by atoms with Crippen LogP contribution in [0.25, 0.3) is 11.1 Å². The molecule has 0 bridgehead atoms. The summed E-state index contributed by atoms with van der Waals surface area (Å²) < 4.78 is 19.0. The molecule has 0 aliphatic heterocycles. The topological polar surface area (TPSA) is 61.0 Å². The van der Waals surface area contributed by atoms with Crippen molar-refractivity contribution in [2.24, 2.45) is 11.7 Å². The van der Waals surface area contributed by atoms with Crippen LogP contribution in [0.2, 0.25) is 0 Å². The number of aryl methyl sites for hydroxylation is 1. The molecule has 0 fully saturated rings. The Morgan fingerprint density at radius 1 is 1.26 bits per heavy atom. The quantitative estimate of drug-likeness (QED) is 0.825. The van der Waals surface area contributed by atoms with Gasteiger partial charge in [0.05, 0.1) is 6.61 Å². The summed E-state index contributed by atoms with van der Waals surface area (Å²) in [4.78, 5) is 7.92. The zero-order valence-electron chi connectivity index (χ0n) is 14.1. The van der Waals surface area contributed by atoms with Crippen molar-refractivity contribution < 1.29 is 9.13 Å². The van der Waals surface area contributed by atoms with Crippen LogP contribution >= 0.6 is 0 Å². The van der Waals surface area contributed by atoms with Crippen LogP contribution in [0.15, 0.2) is 30.6 Å². The van der Waals surface area contributed by atoms with Gasteiger partial charge < -0.3 is 10.5 Å². The minimum atomic E-state index is -0.501. The average molecular weight is 317 g/mol. The van der Waals surface area contributed by atoms with Crippen molar-refractivity contribution in [3.8, 4) is 17.0 Å². The van der Waals surface area contributed by atoms with Gasteiger partial charge in [-0.25, -0.2) is 9.97 Å². The standard InChI is InChI=1S/C18H24FN3O/c1-12(9-18(3,4)20)11-23-17-13(2)7-15(10-22-17)14-5-6-21-16(19)8-14/h5-8,10,12H,9,11,20H2,1-4H3/t12-/m0/s1. The Morgan fingerprint density at radius 3 is 2.61 bits per heavy atom. The van der Waals surface area contributed by atoms with E-state index < -0.39 is 5.95 Å². The molecule has 0 aliphatic rings. The van der Waals surface area contributed by atoms with Gasteiger partial charge in [0, 0.05) is 35.1 Å². The van der Waals surface area contributed by atoms with Gasteiger partial charge in [-0.15, -0.1) is 0 Å². The Hall–Kier alpha value is -2.01. The average Bonchev–Trinajstić information content (AvgIpc) is 2.44. The molecular formula is C18H24FN3O. The van der Waals surface area contributed by atoms with Crippen molar-refractivity contribution in [1.29, 1.82) is 0 Å². The largest absolute Gasteiger partial charge is 0.477 e. The maximum Gasteiger partial charge on any atom is 0.216 e. The van der Waals surface area contributed by atoms with E-state index in [1.807, 2.05) is 26.8 Å². The second-order valence-electron chi connectivity index (χ2n) is 6.82. The smallest absolute Gasteiger partial charge is 0.216 e. The Kier molecular flexibility index (Phi) is 5.31. The van der Waals surface area contributed by atoms with E-state index in [0.29, 0.717) is 18.4 Å². The van der Waals surface area contributed by atoms with Gasteiger partial charge in [-0.2, -0.15) is 4.39 Å². The summed E-state index contributed by atoms with van der Waals surface area (Å²) in [6, 6.07) is 5.09. The molecule has 2 aromatic heterocycles. The first-order valence-electron chi connectivity index (χ1n) is 7.75. The molecule has 1 atom stereocenters. The summed E-state index contributed by atoms with van der Waals surface area (Å²) in [7, 11) is 0. The maximum absolute atomic E-state index is 13.2. The van der Waals surface area contributed by atoms with Crippen molar-refractivity contribution in [1.82, 2.24) is 9.97 Å². The van der Waals surface area contributed by atoms with Crippen molar-refractivity contribution in [2.45, 2.75) is 39.7 Å². The monoisotopic (exact) mass is 317 g/mol. The highest BCUT2D eigenvalue weighted by Crippen LogP contribution is 2.24. The Bertz CT molecular complexity index is 668. The molecule has 2 aromatic rings. The number of halogens is 1. The molecule has 0 saturated carbocycles. The highest BCUT2D eigenvalue weighted by molar-refractivity contribution is 5.63. The van der Waals surface area contributed by atoms with Crippen LogP contribution in [-0.2, 0) is 0 Å². The number of hydrogen-bond acceptors (Lipinski definition) is 4. The van der Waals surface area contributed by atoms with Gasteiger partial charge >= 0.3 is 0 Å². The predicted molar refractivity (Wildman–Crippen MR) is 89.7 cm³/mol. The van der Waals surface area contributed by atoms with Gasteiger partial charge in [-0.3, -0.25) is 0 Å². The van der Waals surface area contributed by atoms with Gasteiger partial charge in [-0.05, 0) is 50.8 Å². The lowest BCUT2D eigenvalue weighted by molar-refractivity contribution is 0.221. The molecule has 0 unspecified atom stereocenters. The fraction of sp³-hybridized carbons (Fsp3) is 0.444. The van der Waals surface area contributed by atoms with E-state index in [4.69, 9.17) is 10.5 Å². The van der Waals surface area contributed by atoms with Crippen LogP contribution in [0.4, 0.5) is 4.39 Å². The minimum absolute atomic E-state index is 0.208. The van der Waals surface area contributed by atoms with Crippen LogP contribution in [0, 0.1) is 18.8 Å². The van der Waals surface area contributed by atoms with E-state index in [0.717, 1.165) is 23.1 Å². The molecule has 0 spiro atoms. The van der Waals surface area contributed by atoms with Crippen molar-refractivity contribution in [3.63, 3.8) is 0 Å². The number of nitrogens with two attached hydrogens (primary N) is 1. The second kappa shape index (κ2) is 7.04. The zero-order chi connectivity index (χ0) is 17.0. The van der Waals surface area contributed by atoms with E-state index in [9.17, 15) is 4.39 Å².